The van der Waals surface area contributed by atoms with Crippen LogP contribution in [-0.4, -0.2) is 48.7 Å². The molecule has 2 amide bonds. The van der Waals surface area contributed by atoms with Gasteiger partial charge in [0.25, 0.3) is 5.91 Å². The molecule has 1 fully saturated rings. The molecule has 1 aliphatic heterocycles. The Morgan fingerprint density at radius 2 is 1.35 bits per heavy atom. The van der Waals surface area contributed by atoms with Crippen molar-refractivity contribution in [3.8, 4) is 28.4 Å². The molecule has 4 aromatic rings. The molecular formula is C41H48N2O6. The first-order valence-electron chi connectivity index (χ1n) is 17.0. The smallest absolute Gasteiger partial charge is 0.410 e. The van der Waals surface area contributed by atoms with E-state index in [9.17, 15) is 9.59 Å². The van der Waals surface area contributed by atoms with Gasteiger partial charge in [0.1, 0.15) is 36.1 Å². The molecule has 258 valence electrons. The van der Waals surface area contributed by atoms with Crippen LogP contribution >= 0.6 is 0 Å². The van der Waals surface area contributed by atoms with Crippen molar-refractivity contribution < 1.29 is 28.5 Å². The number of hydrogen-bond acceptors (Lipinski definition) is 6. The molecule has 0 bridgehead atoms. The highest BCUT2D eigenvalue weighted by Gasteiger charge is 2.29. The van der Waals surface area contributed by atoms with Crippen LogP contribution in [0.25, 0.3) is 11.1 Å². The summed E-state index contributed by atoms with van der Waals surface area (Å²) in [5.41, 5.74) is 4.51. The predicted octanol–water partition coefficient (Wildman–Crippen LogP) is 8.77. The summed E-state index contributed by atoms with van der Waals surface area (Å²) in [5.74, 6) is 1.69. The zero-order valence-electron chi connectivity index (χ0n) is 29.5. The maximum atomic E-state index is 14.2. The average molecular weight is 665 g/mol. The van der Waals surface area contributed by atoms with Crippen LogP contribution in [0.3, 0.4) is 0 Å². The lowest BCUT2D eigenvalue weighted by Gasteiger charge is -2.33. The number of amides is 2. The highest BCUT2D eigenvalue weighted by atomic mass is 16.6. The number of methoxy groups -OCH3 is 1. The van der Waals surface area contributed by atoms with Crippen molar-refractivity contribution in [1.82, 2.24) is 10.2 Å². The number of rotatable bonds is 11. The Morgan fingerprint density at radius 3 is 1.90 bits per heavy atom. The van der Waals surface area contributed by atoms with E-state index in [2.05, 4.69) is 31.3 Å². The van der Waals surface area contributed by atoms with Crippen molar-refractivity contribution >= 4 is 12.0 Å². The molecule has 0 unspecified atom stereocenters. The van der Waals surface area contributed by atoms with Crippen molar-refractivity contribution in [2.45, 2.75) is 78.2 Å². The van der Waals surface area contributed by atoms with E-state index in [0.29, 0.717) is 55.4 Å². The van der Waals surface area contributed by atoms with Crippen LogP contribution in [0, 0.1) is 0 Å². The molecule has 0 aliphatic carbocycles. The summed E-state index contributed by atoms with van der Waals surface area (Å²) in [6.07, 6.45) is 0.892. The minimum atomic E-state index is -0.565. The van der Waals surface area contributed by atoms with Crippen LogP contribution < -0.4 is 19.5 Å². The normalized spacial score (nSPS) is 13.6. The van der Waals surface area contributed by atoms with E-state index in [1.807, 2.05) is 99.6 Å². The van der Waals surface area contributed by atoms with Crippen molar-refractivity contribution in [2.75, 3.05) is 20.2 Å². The van der Waals surface area contributed by atoms with Crippen LogP contribution in [0.1, 0.15) is 80.4 Å². The largest absolute Gasteiger partial charge is 0.496 e. The van der Waals surface area contributed by atoms with Gasteiger partial charge in [-0.25, -0.2) is 4.79 Å². The third-order valence-electron chi connectivity index (χ3n) is 8.46. The molecule has 1 heterocycles. The Bertz CT molecular complexity index is 1710. The minimum Gasteiger partial charge on any atom is -0.496 e. The van der Waals surface area contributed by atoms with Gasteiger partial charge in [-0.15, -0.1) is 0 Å². The fraction of sp³-hybridized carbons (Fsp3) is 0.366. The van der Waals surface area contributed by atoms with E-state index < -0.39 is 5.60 Å². The Balaban J connectivity index is 1.50. The molecule has 0 spiro atoms. The van der Waals surface area contributed by atoms with Crippen molar-refractivity contribution in [3.63, 3.8) is 0 Å². The van der Waals surface area contributed by atoms with Crippen LogP contribution in [0.4, 0.5) is 4.79 Å². The lowest BCUT2D eigenvalue weighted by Crippen LogP contribution is -2.47. The topological polar surface area (TPSA) is 86.3 Å². The Labute approximate surface area is 290 Å². The number of hydrogen-bond donors (Lipinski definition) is 1. The summed E-state index contributed by atoms with van der Waals surface area (Å²) >= 11 is 0. The van der Waals surface area contributed by atoms with Gasteiger partial charge in [-0.1, -0.05) is 80.6 Å². The van der Waals surface area contributed by atoms with Crippen LogP contribution in [0.15, 0.2) is 91.0 Å². The zero-order valence-corrected chi connectivity index (χ0v) is 29.5. The molecule has 0 radical (unpaired) electrons. The van der Waals surface area contributed by atoms with Gasteiger partial charge >= 0.3 is 6.09 Å². The number of nitrogens with zero attached hydrogens (tertiary/aromatic N) is 1. The van der Waals surface area contributed by atoms with Gasteiger partial charge in [0.2, 0.25) is 0 Å². The molecule has 1 N–H and O–H groups in total. The third kappa shape index (κ3) is 9.56. The number of benzene rings is 4. The molecule has 1 aliphatic rings. The van der Waals surface area contributed by atoms with Gasteiger partial charge < -0.3 is 29.2 Å². The maximum absolute atomic E-state index is 14.2. The number of carbonyl (C=O) groups is 2. The van der Waals surface area contributed by atoms with Gasteiger partial charge in [0, 0.05) is 36.3 Å². The molecule has 0 atom stereocenters. The Kier molecular flexibility index (Phi) is 11.5. The SMILES string of the molecule is COc1ccc(C(C)C)cc1-c1cc(C(=O)NC2CCN(C(=O)OC(C)(C)C)CC2)c(OCc2ccccc2)cc1OCc1ccccc1. The Hall–Kier alpha value is -4.98. The van der Waals surface area contributed by atoms with Crippen LogP contribution in [-0.2, 0) is 18.0 Å². The summed E-state index contributed by atoms with van der Waals surface area (Å²) in [4.78, 5) is 28.5. The average Bonchev–Trinajstić information content (AvgIpc) is 3.09. The molecule has 5 rings (SSSR count). The first-order chi connectivity index (χ1) is 23.5. The third-order valence-corrected chi connectivity index (χ3v) is 8.46. The van der Waals surface area contributed by atoms with Gasteiger partial charge in [0.15, 0.2) is 0 Å². The second-order valence-corrected chi connectivity index (χ2v) is 13.7. The molecule has 4 aromatic carbocycles. The van der Waals surface area contributed by atoms with Crippen molar-refractivity contribution in [2.24, 2.45) is 0 Å². The lowest BCUT2D eigenvalue weighted by atomic mass is 9.94. The summed E-state index contributed by atoms with van der Waals surface area (Å²) < 4.78 is 24.3. The standard InChI is InChI=1S/C41H48N2O6/c1-28(2)31-17-18-36(46-6)33(23-31)34-24-35(39(44)42-32-19-21-43(22-20-32)40(45)49-41(3,4)5)38(48-27-30-15-11-8-12-16-30)25-37(34)47-26-29-13-9-7-10-14-29/h7-18,23-25,28,32H,19-22,26-27H2,1-6H3,(H,42,44). The summed E-state index contributed by atoms with van der Waals surface area (Å²) in [6, 6.07) is 29.5. The number of piperidine rings is 1. The molecule has 8 heteroatoms. The zero-order chi connectivity index (χ0) is 35.0. The summed E-state index contributed by atoms with van der Waals surface area (Å²) in [5, 5.41) is 3.23. The fourth-order valence-corrected chi connectivity index (χ4v) is 5.75. The number of likely N-dealkylation sites (tertiary alicyclic amines) is 1. The highest BCUT2D eigenvalue weighted by Crippen LogP contribution is 2.42. The van der Waals surface area contributed by atoms with E-state index >= 15 is 0 Å². The second-order valence-electron chi connectivity index (χ2n) is 13.7. The van der Waals surface area contributed by atoms with Gasteiger partial charge in [-0.3, -0.25) is 4.79 Å². The monoisotopic (exact) mass is 664 g/mol. The van der Waals surface area contributed by atoms with E-state index in [0.717, 1.165) is 27.8 Å². The second kappa shape index (κ2) is 15.9. The highest BCUT2D eigenvalue weighted by molar-refractivity contribution is 5.99. The molecule has 1 saturated heterocycles. The van der Waals surface area contributed by atoms with Crippen LogP contribution in [0.5, 0.6) is 17.2 Å². The molecule has 8 nitrogen and oxygen atoms in total. The molecule has 49 heavy (non-hydrogen) atoms. The number of nitrogens with one attached hydrogen (secondary N) is 1. The number of carbonyl (C=O) groups excluding carboxylic acids is 2. The first kappa shape index (κ1) is 35.3. The minimum absolute atomic E-state index is 0.121. The van der Waals surface area contributed by atoms with Gasteiger partial charge in [-0.05, 0) is 74.4 Å². The van der Waals surface area contributed by atoms with E-state index in [-0.39, 0.29) is 30.6 Å². The van der Waals surface area contributed by atoms with Crippen molar-refractivity contribution in [3.05, 3.63) is 113 Å². The van der Waals surface area contributed by atoms with E-state index in [4.69, 9.17) is 18.9 Å². The number of ether oxygens (including phenoxy) is 4. The van der Waals surface area contributed by atoms with Crippen molar-refractivity contribution in [1.29, 1.82) is 0 Å². The van der Waals surface area contributed by atoms with Gasteiger partial charge in [0.05, 0.1) is 12.7 Å². The van der Waals surface area contributed by atoms with E-state index in [1.54, 1.807) is 12.0 Å². The maximum Gasteiger partial charge on any atom is 0.410 e. The predicted molar refractivity (Wildman–Crippen MR) is 192 cm³/mol. The summed E-state index contributed by atoms with van der Waals surface area (Å²) in [6.45, 7) is 11.5. The molecule has 0 saturated carbocycles. The quantitative estimate of drug-likeness (QED) is 0.173. The van der Waals surface area contributed by atoms with Gasteiger partial charge in [-0.2, -0.15) is 0 Å². The molecular weight excluding hydrogens is 616 g/mol. The lowest BCUT2D eigenvalue weighted by molar-refractivity contribution is 0.0199. The molecule has 0 aromatic heterocycles. The first-order valence-corrected chi connectivity index (χ1v) is 17.0. The Morgan fingerprint density at radius 1 is 0.776 bits per heavy atom. The van der Waals surface area contributed by atoms with Crippen LogP contribution in [0.2, 0.25) is 0 Å². The van der Waals surface area contributed by atoms with E-state index in [1.165, 1.54) is 0 Å². The summed E-state index contributed by atoms with van der Waals surface area (Å²) in [7, 11) is 1.65. The fourth-order valence-electron chi connectivity index (χ4n) is 5.75.